The number of aromatic nitrogens is 1. The molecule has 5 rings (SSSR count). The average Bonchev–Trinajstić information content (AvgIpc) is 3.40. The summed E-state index contributed by atoms with van der Waals surface area (Å²) in [5, 5.41) is 4.09. The second-order valence-corrected chi connectivity index (χ2v) is 17.7. The number of nitrogens with one attached hydrogen (secondary N) is 1. The molecule has 1 aromatic heterocycles. The Balaban J connectivity index is 1.27. The first kappa shape index (κ1) is 28.4. The number of hydrogen-bond donors (Lipinski definition) is 1. The van der Waals surface area contributed by atoms with Crippen LogP contribution in [-0.4, -0.2) is 46.0 Å². The number of benzene rings is 3. The molecular weight excluding hydrogens is 559 g/mol. The van der Waals surface area contributed by atoms with E-state index >= 15 is 0 Å². The van der Waals surface area contributed by atoms with Crippen molar-refractivity contribution in [2.75, 3.05) is 18.0 Å². The molecule has 0 aliphatic carbocycles. The zero-order valence-corrected chi connectivity index (χ0v) is 25.4. The number of nitrogens with zero attached hydrogens (tertiary/aromatic N) is 2. The van der Waals surface area contributed by atoms with Gasteiger partial charge in [0.25, 0.3) is 23.5 Å². The predicted octanol–water partition coefficient (Wildman–Crippen LogP) is 4.17. The van der Waals surface area contributed by atoms with Gasteiger partial charge in [0.05, 0.1) is 18.3 Å². The summed E-state index contributed by atoms with van der Waals surface area (Å²) in [6.45, 7) is 8.17. The Morgan fingerprint density at radius 1 is 0.950 bits per heavy atom. The van der Waals surface area contributed by atoms with Gasteiger partial charge in [0.2, 0.25) is 0 Å². The van der Waals surface area contributed by atoms with Gasteiger partial charge in [-0.1, -0.05) is 112 Å². The Bertz CT molecular complexity index is 1510. The minimum atomic E-state index is -4.16. The molecule has 1 fully saturated rings. The number of thiazole rings is 1. The van der Waals surface area contributed by atoms with Crippen molar-refractivity contribution in [2.24, 2.45) is 0 Å². The molecule has 10 heteroatoms. The first-order chi connectivity index (χ1) is 19.1. The molecule has 3 aromatic carbocycles. The minimum Gasteiger partial charge on any atom is -0.401 e. The number of anilines is 1. The van der Waals surface area contributed by atoms with E-state index < -0.39 is 23.5 Å². The van der Waals surface area contributed by atoms with Crippen LogP contribution < -0.4 is 20.0 Å². The molecule has 1 N–H and O–H groups in total. The number of sulfonamides is 1. The molecule has 0 radical (unpaired) electrons. The summed E-state index contributed by atoms with van der Waals surface area (Å²) in [6.07, 6.45) is 0.0423. The van der Waals surface area contributed by atoms with Crippen molar-refractivity contribution in [3.8, 4) is 0 Å². The van der Waals surface area contributed by atoms with Gasteiger partial charge in [-0.2, -0.15) is 0 Å². The molecular formula is C30H33N3O4S2Si. The molecule has 0 atom stereocenters. The van der Waals surface area contributed by atoms with Crippen LogP contribution in [0.25, 0.3) is 0 Å². The van der Waals surface area contributed by atoms with Gasteiger partial charge in [-0.3, -0.25) is 4.79 Å². The SMILES string of the molecule is CC(C)(C)[Si](OC1CN(c2nc(CNS(=O)(=O)C(=O)c3ccccc3)cs2)C1)(c1ccccc1)c1ccccc1. The van der Waals surface area contributed by atoms with Gasteiger partial charge in [0.15, 0.2) is 5.13 Å². The lowest BCUT2D eigenvalue weighted by atomic mass is 10.2. The van der Waals surface area contributed by atoms with Crippen molar-refractivity contribution in [2.45, 2.75) is 38.5 Å². The van der Waals surface area contributed by atoms with Crippen molar-refractivity contribution in [3.63, 3.8) is 0 Å². The lowest BCUT2D eigenvalue weighted by molar-refractivity contribution is 0.107. The standard InChI is InChI=1S/C30H33N3O4S2Si/c1-30(2,3)40(26-15-9-5-10-16-26,27-17-11-6-12-18-27)37-25-20-33(21-25)29-32-24(22-38-29)19-31-39(35,36)28(34)23-13-7-4-8-14-23/h4-18,22,25,31H,19-21H2,1-3H3. The summed E-state index contributed by atoms with van der Waals surface area (Å²) < 4.78 is 34.5. The van der Waals surface area contributed by atoms with Crippen LogP contribution in [0, 0.1) is 0 Å². The van der Waals surface area contributed by atoms with E-state index in [1.165, 1.54) is 33.8 Å². The summed E-state index contributed by atoms with van der Waals surface area (Å²) in [5.41, 5.74) is 0.697. The van der Waals surface area contributed by atoms with Crippen LogP contribution in [0.2, 0.25) is 5.04 Å². The van der Waals surface area contributed by atoms with E-state index in [9.17, 15) is 13.2 Å². The lowest BCUT2D eigenvalue weighted by Gasteiger charge is -2.49. The third kappa shape index (κ3) is 5.68. The number of rotatable bonds is 9. The fourth-order valence-corrected chi connectivity index (χ4v) is 11.5. The predicted molar refractivity (Wildman–Crippen MR) is 163 cm³/mol. The quantitative estimate of drug-likeness (QED) is 0.294. The van der Waals surface area contributed by atoms with Crippen LogP contribution >= 0.6 is 11.3 Å². The van der Waals surface area contributed by atoms with E-state index in [1.807, 2.05) is 17.5 Å². The van der Waals surface area contributed by atoms with Gasteiger partial charge in [-0.15, -0.1) is 11.3 Å². The second kappa shape index (κ2) is 11.4. The Morgan fingerprint density at radius 3 is 2.00 bits per heavy atom. The molecule has 2 heterocycles. The summed E-state index contributed by atoms with van der Waals surface area (Å²) in [6, 6.07) is 29.1. The van der Waals surface area contributed by atoms with Crippen LogP contribution in [-0.2, 0) is 21.0 Å². The molecule has 1 aliphatic rings. The van der Waals surface area contributed by atoms with E-state index in [-0.39, 0.29) is 23.3 Å². The maximum Gasteiger partial charge on any atom is 0.291 e. The van der Waals surface area contributed by atoms with E-state index in [0.717, 1.165) is 5.13 Å². The maximum absolute atomic E-state index is 12.5. The van der Waals surface area contributed by atoms with Gasteiger partial charge in [-0.25, -0.2) is 18.1 Å². The average molecular weight is 592 g/mol. The Hall–Kier alpha value is -3.15. The van der Waals surface area contributed by atoms with Gasteiger partial charge in [0, 0.05) is 24.0 Å². The Labute approximate surface area is 241 Å². The van der Waals surface area contributed by atoms with Crippen molar-refractivity contribution >= 4 is 50.3 Å². The Morgan fingerprint density at radius 2 is 1.48 bits per heavy atom. The fourth-order valence-electron chi connectivity index (χ4n) is 5.10. The van der Waals surface area contributed by atoms with Gasteiger partial charge in [0.1, 0.15) is 0 Å². The van der Waals surface area contributed by atoms with E-state index in [1.54, 1.807) is 18.2 Å². The molecule has 40 heavy (non-hydrogen) atoms. The highest BCUT2D eigenvalue weighted by Crippen LogP contribution is 2.39. The third-order valence-electron chi connectivity index (χ3n) is 7.12. The van der Waals surface area contributed by atoms with Crippen molar-refractivity contribution in [1.29, 1.82) is 0 Å². The molecule has 7 nitrogen and oxygen atoms in total. The van der Waals surface area contributed by atoms with Crippen molar-refractivity contribution in [3.05, 3.63) is 108 Å². The van der Waals surface area contributed by atoms with Crippen LogP contribution in [0.15, 0.2) is 96.4 Å². The highest BCUT2D eigenvalue weighted by atomic mass is 32.2. The fraction of sp³-hybridized carbons (Fsp3) is 0.267. The molecule has 1 aliphatic heterocycles. The largest absolute Gasteiger partial charge is 0.401 e. The van der Waals surface area contributed by atoms with Crippen molar-refractivity contribution in [1.82, 2.24) is 9.71 Å². The molecule has 0 bridgehead atoms. The number of carbonyl (C=O) groups is 1. The summed E-state index contributed by atoms with van der Waals surface area (Å²) >= 11 is 1.46. The molecule has 0 amide bonds. The van der Waals surface area contributed by atoms with Crippen LogP contribution in [0.4, 0.5) is 5.13 Å². The highest BCUT2D eigenvalue weighted by Gasteiger charge is 2.52. The second-order valence-electron chi connectivity index (χ2n) is 10.9. The van der Waals surface area contributed by atoms with Gasteiger partial charge in [-0.05, 0) is 15.4 Å². The topological polar surface area (TPSA) is 88.6 Å². The van der Waals surface area contributed by atoms with Crippen LogP contribution in [0.1, 0.15) is 36.8 Å². The summed E-state index contributed by atoms with van der Waals surface area (Å²) in [4.78, 5) is 19.2. The molecule has 0 spiro atoms. The first-order valence-electron chi connectivity index (χ1n) is 13.2. The zero-order chi connectivity index (χ0) is 28.4. The third-order valence-corrected chi connectivity index (χ3v) is 14.4. The van der Waals surface area contributed by atoms with E-state index in [4.69, 9.17) is 4.43 Å². The number of carbonyl (C=O) groups excluding carboxylic acids is 1. The maximum atomic E-state index is 12.5. The molecule has 0 unspecified atom stereocenters. The lowest BCUT2D eigenvalue weighted by Crippen LogP contribution is -2.70. The monoisotopic (exact) mass is 591 g/mol. The van der Waals surface area contributed by atoms with Gasteiger partial charge < -0.3 is 9.33 Å². The van der Waals surface area contributed by atoms with E-state index in [0.29, 0.717) is 18.8 Å². The normalized spacial score (nSPS) is 14.6. The summed E-state index contributed by atoms with van der Waals surface area (Å²) in [7, 11) is -6.80. The number of hydrogen-bond acceptors (Lipinski definition) is 7. The molecule has 208 valence electrons. The summed E-state index contributed by atoms with van der Waals surface area (Å²) in [5.74, 6) is 0. The zero-order valence-electron chi connectivity index (χ0n) is 22.8. The van der Waals surface area contributed by atoms with Crippen LogP contribution in [0.3, 0.4) is 0 Å². The first-order valence-corrected chi connectivity index (χ1v) is 17.4. The van der Waals surface area contributed by atoms with Crippen LogP contribution in [0.5, 0.6) is 0 Å². The minimum absolute atomic E-state index is 0.0423. The smallest absolute Gasteiger partial charge is 0.291 e. The molecule has 1 saturated heterocycles. The molecule has 0 saturated carbocycles. The van der Waals surface area contributed by atoms with E-state index in [2.05, 4.69) is 83.9 Å². The molecule has 4 aromatic rings. The van der Waals surface area contributed by atoms with Gasteiger partial charge >= 0.3 is 0 Å². The highest BCUT2D eigenvalue weighted by molar-refractivity contribution is 8.04. The van der Waals surface area contributed by atoms with Crippen molar-refractivity contribution < 1.29 is 17.6 Å². The Kier molecular flexibility index (Phi) is 8.07.